The number of nitrogens with two attached hydrogens (primary N) is 1. The van der Waals surface area contributed by atoms with Crippen LogP contribution in [0.1, 0.15) is 12.7 Å². The summed E-state index contributed by atoms with van der Waals surface area (Å²) in [4.78, 5) is 4.14. The number of rotatable bonds is 5. The molecule has 1 atom stereocenters. The van der Waals surface area contributed by atoms with E-state index in [9.17, 15) is 4.39 Å². The third-order valence-electron chi connectivity index (χ3n) is 2.79. The number of ether oxygens (including phenoxy) is 2. The summed E-state index contributed by atoms with van der Waals surface area (Å²) in [5, 5.41) is 3.79. The highest BCUT2D eigenvalue weighted by molar-refractivity contribution is 5.63. The Morgan fingerprint density at radius 3 is 2.80 bits per heavy atom. The summed E-state index contributed by atoms with van der Waals surface area (Å²) in [6.45, 7) is 1.91. The molecule has 2 aromatic rings. The molecule has 0 aliphatic rings. The molecule has 0 bridgehead atoms. The highest BCUT2D eigenvalue weighted by Crippen LogP contribution is 2.32. The average Bonchev–Trinajstić information content (AvgIpc) is 2.88. The van der Waals surface area contributed by atoms with Gasteiger partial charge < -0.3 is 19.7 Å². The molecule has 2 rings (SSSR count). The Hall–Kier alpha value is -1.99. The van der Waals surface area contributed by atoms with Crippen LogP contribution in [0.15, 0.2) is 22.7 Å². The van der Waals surface area contributed by atoms with E-state index in [4.69, 9.17) is 19.7 Å². The lowest BCUT2D eigenvalue weighted by atomic mass is 10.1. The molecule has 0 aliphatic heterocycles. The third kappa shape index (κ3) is 2.63. The Morgan fingerprint density at radius 2 is 2.15 bits per heavy atom. The van der Waals surface area contributed by atoms with Crippen LogP contribution in [-0.2, 0) is 10.3 Å². The Morgan fingerprint density at radius 1 is 1.40 bits per heavy atom. The first-order chi connectivity index (χ1) is 9.49. The maximum atomic E-state index is 13.9. The summed E-state index contributed by atoms with van der Waals surface area (Å²) in [6, 6.07) is 4.44. The molecule has 0 aliphatic carbocycles. The van der Waals surface area contributed by atoms with Gasteiger partial charge >= 0.3 is 0 Å². The normalized spacial score (nSPS) is 14.1. The molecule has 20 heavy (non-hydrogen) atoms. The van der Waals surface area contributed by atoms with Crippen molar-refractivity contribution in [2.24, 2.45) is 5.73 Å². The van der Waals surface area contributed by atoms with Gasteiger partial charge in [0.25, 0.3) is 5.89 Å². The van der Waals surface area contributed by atoms with Gasteiger partial charge in [-0.25, -0.2) is 4.39 Å². The van der Waals surface area contributed by atoms with Gasteiger partial charge in [0.1, 0.15) is 22.7 Å². The standard InChI is InChI=1S/C13H16FN3O3/c1-13(15,7-18-2)12-16-11(20-17-12)10-8(14)5-4-6-9(10)19-3/h4-6H,7,15H2,1-3H3. The van der Waals surface area contributed by atoms with Gasteiger partial charge in [0, 0.05) is 7.11 Å². The molecule has 2 N–H and O–H groups in total. The van der Waals surface area contributed by atoms with E-state index in [0.717, 1.165) is 0 Å². The molecule has 0 spiro atoms. The van der Waals surface area contributed by atoms with Crippen molar-refractivity contribution in [2.45, 2.75) is 12.5 Å². The van der Waals surface area contributed by atoms with Crippen molar-refractivity contribution < 1.29 is 18.4 Å². The molecule has 0 radical (unpaired) electrons. The second-order valence-corrected chi connectivity index (χ2v) is 4.59. The van der Waals surface area contributed by atoms with E-state index in [1.54, 1.807) is 13.0 Å². The molecule has 1 heterocycles. The van der Waals surface area contributed by atoms with Gasteiger partial charge in [-0.05, 0) is 19.1 Å². The van der Waals surface area contributed by atoms with Crippen molar-refractivity contribution in [1.82, 2.24) is 10.1 Å². The SMILES string of the molecule is COCC(C)(N)c1noc(-c2c(F)cccc2OC)n1. The van der Waals surface area contributed by atoms with Crippen molar-refractivity contribution in [3.05, 3.63) is 29.8 Å². The van der Waals surface area contributed by atoms with E-state index in [1.165, 1.54) is 26.4 Å². The highest BCUT2D eigenvalue weighted by Gasteiger charge is 2.29. The number of hydrogen-bond donors (Lipinski definition) is 1. The smallest absolute Gasteiger partial charge is 0.264 e. The predicted molar refractivity (Wildman–Crippen MR) is 69.7 cm³/mol. The maximum Gasteiger partial charge on any atom is 0.264 e. The van der Waals surface area contributed by atoms with Gasteiger partial charge in [-0.2, -0.15) is 4.98 Å². The van der Waals surface area contributed by atoms with Crippen molar-refractivity contribution in [3.8, 4) is 17.2 Å². The lowest BCUT2D eigenvalue weighted by Gasteiger charge is -2.18. The predicted octanol–water partition coefficient (Wildman–Crippen LogP) is 1.70. The number of aromatic nitrogens is 2. The number of methoxy groups -OCH3 is 2. The van der Waals surface area contributed by atoms with E-state index in [2.05, 4.69) is 10.1 Å². The molecule has 0 saturated heterocycles. The van der Waals surface area contributed by atoms with Crippen LogP contribution >= 0.6 is 0 Å². The zero-order valence-corrected chi connectivity index (χ0v) is 11.5. The second kappa shape index (κ2) is 5.56. The lowest BCUT2D eigenvalue weighted by Crippen LogP contribution is -2.38. The van der Waals surface area contributed by atoms with Gasteiger partial charge in [0.15, 0.2) is 5.82 Å². The molecule has 7 heteroatoms. The van der Waals surface area contributed by atoms with Crippen LogP contribution in [0, 0.1) is 5.82 Å². The Balaban J connectivity index is 2.44. The van der Waals surface area contributed by atoms with Crippen LogP contribution in [0.3, 0.4) is 0 Å². The van der Waals surface area contributed by atoms with Gasteiger partial charge in [-0.1, -0.05) is 11.2 Å². The van der Waals surface area contributed by atoms with Crippen LogP contribution in [0.2, 0.25) is 0 Å². The van der Waals surface area contributed by atoms with Crippen molar-refractivity contribution in [3.63, 3.8) is 0 Å². The largest absolute Gasteiger partial charge is 0.496 e. The summed E-state index contributed by atoms with van der Waals surface area (Å²) in [5.41, 5.74) is 5.20. The summed E-state index contributed by atoms with van der Waals surface area (Å²) in [5.74, 6) is 0.0538. The fraction of sp³-hybridized carbons (Fsp3) is 0.385. The first-order valence-electron chi connectivity index (χ1n) is 5.94. The minimum absolute atomic E-state index is 0.0164. The fourth-order valence-electron chi connectivity index (χ4n) is 1.80. The Bertz CT molecular complexity index is 598. The highest BCUT2D eigenvalue weighted by atomic mass is 19.1. The minimum atomic E-state index is -0.922. The summed E-state index contributed by atoms with van der Waals surface area (Å²) < 4.78 is 29.1. The van der Waals surface area contributed by atoms with Gasteiger partial charge in [0.05, 0.1) is 13.7 Å². The van der Waals surface area contributed by atoms with E-state index < -0.39 is 11.4 Å². The van der Waals surface area contributed by atoms with Crippen LogP contribution in [0.25, 0.3) is 11.5 Å². The number of nitrogens with zero attached hydrogens (tertiary/aromatic N) is 2. The van der Waals surface area contributed by atoms with Crippen molar-refractivity contribution in [1.29, 1.82) is 0 Å². The minimum Gasteiger partial charge on any atom is -0.496 e. The lowest BCUT2D eigenvalue weighted by molar-refractivity contribution is 0.135. The molecule has 1 aromatic carbocycles. The van der Waals surface area contributed by atoms with Crippen molar-refractivity contribution in [2.75, 3.05) is 20.8 Å². The number of benzene rings is 1. The number of halogens is 1. The Kier molecular flexibility index (Phi) is 4.01. The number of hydrogen-bond acceptors (Lipinski definition) is 6. The van der Waals surface area contributed by atoms with Gasteiger partial charge in [-0.15, -0.1) is 0 Å². The molecule has 6 nitrogen and oxygen atoms in total. The molecule has 1 unspecified atom stereocenters. The Labute approximate surface area is 115 Å². The fourth-order valence-corrected chi connectivity index (χ4v) is 1.80. The van der Waals surface area contributed by atoms with Crippen LogP contribution in [-0.4, -0.2) is 31.0 Å². The van der Waals surface area contributed by atoms with E-state index in [0.29, 0.717) is 5.75 Å². The maximum absolute atomic E-state index is 13.9. The zero-order chi connectivity index (χ0) is 14.8. The quantitative estimate of drug-likeness (QED) is 0.898. The molecule has 0 fully saturated rings. The average molecular weight is 281 g/mol. The molecule has 0 amide bonds. The van der Waals surface area contributed by atoms with E-state index in [1.807, 2.05) is 0 Å². The monoisotopic (exact) mass is 281 g/mol. The summed E-state index contributed by atoms with van der Waals surface area (Å²) in [6.07, 6.45) is 0. The molecule has 108 valence electrons. The molecular weight excluding hydrogens is 265 g/mol. The van der Waals surface area contributed by atoms with Gasteiger partial charge in [0.2, 0.25) is 0 Å². The molecular formula is C13H16FN3O3. The first kappa shape index (κ1) is 14.4. The second-order valence-electron chi connectivity index (χ2n) is 4.59. The topological polar surface area (TPSA) is 83.4 Å². The van der Waals surface area contributed by atoms with Gasteiger partial charge in [-0.3, -0.25) is 0 Å². The van der Waals surface area contributed by atoms with Crippen LogP contribution < -0.4 is 10.5 Å². The van der Waals surface area contributed by atoms with Crippen LogP contribution in [0.4, 0.5) is 4.39 Å². The molecule has 1 aromatic heterocycles. The zero-order valence-electron chi connectivity index (χ0n) is 11.5. The van der Waals surface area contributed by atoms with E-state index in [-0.39, 0.29) is 23.9 Å². The van der Waals surface area contributed by atoms with Crippen molar-refractivity contribution >= 4 is 0 Å². The third-order valence-corrected chi connectivity index (χ3v) is 2.79. The van der Waals surface area contributed by atoms with Crippen LogP contribution in [0.5, 0.6) is 5.75 Å². The summed E-state index contributed by atoms with van der Waals surface area (Å²) in [7, 11) is 2.96. The summed E-state index contributed by atoms with van der Waals surface area (Å²) >= 11 is 0. The van der Waals surface area contributed by atoms with E-state index >= 15 is 0 Å². The first-order valence-corrected chi connectivity index (χ1v) is 5.94. The molecule has 0 saturated carbocycles.